The van der Waals surface area contributed by atoms with E-state index in [1.165, 1.54) is 5.56 Å². The molecule has 3 rings (SSSR count). The predicted octanol–water partition coefficient (Wildman–Crippen LogP) is 4.70. The SMILES string of the molecule is CCC(CC)(CC)NC(=O)c1cnn2c1NC(c1ccccc1)CC2C. The summed E-state index contributed by atoms with van der Waals surface area (Å²) in [5.41, 5.74) is 1.73. The van der Waals surface area contributed by atoms with Crippen molar-refractivity contribution in [2.24, 2.45) is 0 Å². The van der Waals surface area contributed by atoms with Gasteiger partial charge in [-0.25, -0.2) is 4.68 Å². The van der Waals surface area contributed by atoms with E-state index in [1.54, 1.807) is 6.20 Å². The lowest BCUT2D eigenvalue weighted by atomic mass is 9.89. The molecule has 1 aromatic heterocycles. The lowest BCUT2D eigenvalue weighted by Crippen LogP contribution is -2.47. The molecule has 0 radical (unpaired) electrons. The Hall–Kier alpha value is -2.30. The lowest BCUT2D eigenvalue weighted by molar-refractivity contribution is 0.0889. The molecule has 0 saturated carbocycles. The summed E-state index contributed by atoms with van der Waals surface area (Å²) in [7, 11) is 0. The number of anilines is 1. The van der Waals surface area contributed by atoms with Crippen molar-refractivity contribution in [1.82, 2.24) is 15.1 Å². The van der Waals surface area contributed by atoms with E-state index in [-0.39, 0.29) is 23.5 Å². The van der Waals surface area contributed by atoms with Gasteiger partial charge in [-0.2, -0.15) is 5.10 Å². The molecule has 2 heterocycles. The summed E-state index contributed by atoms with van der Waals surface area (Å²) in [4.78, 5) is 13.0. The first-order chi connectivity index (χ1) is 12.5. The van der Waals surface area contributed by atoms with E-state index in [9.17, 15) is 4.79 Å². The quantitative estimate of drug-likeness (QED) is 0.790. The van der Waals surface area contributed by atoms with Gasteiger partial charge < -0.3 is 10.6 Å². The van der Waals surface area contributed by atoms with E-state index < -0.39 is 0 Å². The standard InChI is InChI=1S/C21H30N4O/c1-5-21(6-2,7-3)24-20(26)17-14-22-25-15(4)13-18(23-19(17)25)16-11-9-8-10-12-16/h8-12,14-15,18,23H,5-7,13H2,1-4H3,(H,24,26). The molecule has 2 aromatic rings. The average Bonchev–Trinajstić information content (AvgIpc) is 3.11. The number of nitrogens with zero attached hydrogens (tertiary/aromatic N) is 2. The van der Waals surface area contributed by atoms with E-state index in [0.29, 0.717) is 5.56 Å². The molecule has 0 saturated heterocycles. The Balaban J connectivity index is 1.88. The van der Waals surface area contributed by atoms with E-state index in [4.69, 9.17) is 0 Å². The second-order valence-electron chi connectivity index (χ2n) is 7.34. The van der Waals surface area contributed by atoms with Crippen LogP contribution in [-0.4, -0.2) is 21.2 Å². The summed E-state index contributed by atoms with van der Waals surface area (Å²) in [6, 6.07) is 10.8. The van der Waals surface area contributed by atoms with Gasteiger partial charge >= 0.3 is 0 Å². The highest BCUT2D eigenvalue weighted by Gasteiger charge is 2.32. The smallest absolute Gasteiger partial charge is 0.257 e. The van der Waals surface area contributed by atoms with Gasteiger partial charge in [-0.15, -0.1) is 0 Å². The minimum Gasteiger partial charge on any atom is -0.363 e. The molecule has 5 heteroatoms. The molecular formula is C21H30N4O. The number of carbonyl (C=O) groups excluding carboxylic acids is 1. The molecule has 1 aromatic carbocycles. The minimum absolute atomic E-state index is 0.0368. The van der Waals surface area contributed by atoms with Crippen LogP contribution >= 0.6 is 0 Å². The average molecular weight is 354 g/mol. The van der Waals surface area contributed by atoms with Crippen molar-refractivity contribution < 1.29 is 4.79 Å². The zero-order chi connectivity index (χ0) is 18.7. The van der Waals surface area contributed by atoms with E-state index >= 15 is 0 Å². The molecule has 2 atom stereocenters. The summed E-state index contributed by atoms with van der Waals surface area (Å²) in [5.74, 6) is 0.789. The lowest BCUT2D eigenvalue weighted by Gasteiger charge is -2.33. The molecule has 2 unspecified atom stereocenters. The third-order valence-electron chi connectivity index (χ3n) is 5.96. The fourth-order valence-corrected chi connectivity index (χ4v) is 3.90. The highest BCUT2D eigenvalue weighted by molar-refractivity contribution is 5.99. The largest absolute Gasteiger partial charge is 0.363 e. The van der Waals surface area contributed by atoms with Crippen LogP contribution in [0.3, 0.4) is 0 Å². The summed E-state index contributed by atoms with van der Waals surface area (Å²) >= 11 is 0. The normalized spacial score (nSPS) is 19.5. The van der Waals surface area contributed by atoms with Crippen LogP contribution in [0.25, 0.3) is 0 Å². The number of hydrogen-bond acceptors (Lipinski definition) is 3. The van der Waals surface area contributed by atoms with Crippen molar-refractivity contribution in [3.05, 3.63) is 47.7 Å². The van der Waals surface area contributed by atoms with Crippen LogP contribution in [0, 0.1) is 0 Å². The molecule has 0 aliphatic carbocycles. The van der Waals surface area contributed by atoms with Crippen molar-refractivity contribution in [3.63, 3.8) is 0 Å². The fourth-order valence-electron chi connectivity index (χ4n) is 3.90. The van der Waals surface area contributed by atoms with Crippen LogP contribution in [0.5, 0.6) is 0 Å². The van der Waals surface area contributed by atoms with Crippen LogP contribution in [0.2, 0.25) is 0 Å². The molecule has 140 valence electrons. The number of benzene rings is 1. The summed E-state index contributed by atoms with van der Waals surface area (Å²) in [6.07, 6.45) is 5.42. The van der Waals surface area contributed by atoms with E-state index in [0.717, 1.165) is 31.5 Å². The first-order valence-electron chi connectivity index (χ1n) is 9.75. The second kappa shape index (κ2) is 7.52. The second-order valence-corrected chi connectivity index (χ2v) is 7.34. The topological polar surface area (TPSA) is 59.0 Å². The van der Waals surface area contributed by atoms with Crippen LogP contribution in [0.4, 0.5) is 5.82 Å². The number of rotatable bonds is 6. The molecule has 0 fully saturated rings. The van der Waals surface area contributed by atoms with Gasteiger partial charge in [0.05, 0.1) is 18.3 Å². The highest BCUT2D eigenvalue weighted by Crippen LogP contribution is 2.36. The Morgan fingerprint density at radius 1 is 1.23 bits per heavy atom. The maximum atomic E-state index is 13.0. The fraction of sp³-hybridized carbons (Fsp3) is 0.524. The van der Waals surface area contributed by atoms with Crippen LogP contribution in [0.15, 0.2) is 36.5 Å². The van der Waals surface area contributed by atoms with E-state index in [1.807, 2.05) is 10.7 Å². The van der Waals surface area contributed by atoms with Crippen molar-refractivity contribution in [2.75, 3.05) is 5.32 Å². The van der Waals surface area contributed by atoms with Crippen molar-refractivity contribution in [3.8, 4) is 0 Å². The Bertz CT molecular complexity index is 740. The molecule has 5 nitrogen and oxygen atoms in total. The van der Waals surface area contributed by atoms with Gasteiger partial charge in [0.15, 0.2) is 0 Å². The van der Waals surface area contributed by atoms with Crippen molar-refractivity contribution in [1.29, 1.82) is 0 Å². The molecule has 0 spiro atoms. The number of hydrogen-bond donors (Lipinski definition) is 2. The number of amides is 1. The van der Waals surface area contributed by atoms with Gasteiger partial charge in [0.25, 0.3) is 5.91 Å². The van der Waals surface area contributed by atoms with Gasteiger partial charge in [-0.05, 0) is 38.2 Å². The highest BCUT2D eigenvalue weighted by atomic mass is 16.1. The first kappa shape index (κ1) is 18.5. The van der Waals surface area contributed by atoms with Gasteiger partial charge in [0, 0.05) is 5.54 Å². The molecule has 1 aliphatic rings. The molecule has 2 N–H and O–H groups in total. The molecule has 1 aliphatic heterocycles. The van der Waals surface area contributed by atoms with Crippen LogP contribution in [-0.2, 0) is 0 Å². The van der Waals surface area contributed by atoms with Crippen molar-refractivity contribution >= 4 is 11.7 Å². The maximum absolute atomic E-state index is 13.0. The maximum Gasteiger partial charge on any atom is 0.257 e. The van der Waals surface area contributed by atoms with Crippen molar-refractivity contribution in [2.45, 2.75) is 71.0 Å². The summed E-state index contributed by atoms with van der Waals surface area (Å²) in [5, 5.41) is 11.3. The zero-order valence-corrected chi connectivity index (χ0v) is 16.2. The molecular weight excluding hydrogens is 324 g/mol. The summed E-state index contributed by atoms with van der Waals surface area (Å²) in [6.45, 7) is 8.55. The zero-order valence-electron chi connectivity index (χ0n) is 16.2. The van der Waals surface area contributed by atoms with Gasteiger partial charge in [0.1, 0.15) is 11.4 Å². The minimum atomic E-state index is -0.148. The molecule has 0 bridgehead atoms. The van der Waals surface area contributed by atoms with Gasteiger partial charge in [0.2, 0.25) is 0 Å². The predicted molar refractivity (Wildman–Crippen MR) is 105 cm³/mol. The Morgan fingerprint density at radius 2 is 1.88 bits per heavy atom. The van der Waals surface area contributed by atoms with Gasteiger partial charge in [-0.1, -0.05) is 51.1 Å². The Labute approximate surface area is 156 Å². The summed E-state index contributed by atoms with van der Waals surface area (Å²) < 4.78 is 1.94. The number of fused-ring (bicyclic) bond motifs is 1. The number of aromatic nitrogens is 2. The Morgan fingerprint density at radius 3 is 2.50 bits per heavy atom. The number of nitrogens with one attached hydrogen (secondary N) is 2. The molecule has 26 heavy (non-hydrogen) atoms. The van der Waals surface area contributed by atoms with E-state index in [2.05, 4.69) is 67.7 Å². The third kappa shape index (κ3) is 3.35. The van der Waals surface area contributed by atoms with Gasteiger partial charge in [-0.3, -0.25) is 4.79 Å². The van der Waals surface area contributed by atoms with Crippen LogP contribution < -0.4 is 10.6 Å². The first-order valence-corrected chi connectivity index (χ1v) is 9.75. The van der Waals surface area contributed by atoms with Crippen LogP contribution in [0.1, 0.15) is 81.4 Å². The molecule has 1 amide bonds. The number of carbonyl (C=O) groups is 1. The Kier molecular flexibility index (Phi) is 5.35. The monoisotopic (exact) mass is 354 g/mol. The third-order valence-corrected chi connectivity index (χ3v) is 5.96.